The highest BCUT2D eigenvalue weighted by atomic mass is 16.2. The minimum Gasteiger partial charge on any atom is -0.341 e. The lowest BCUT2D eigenvalue weighted by Crippen LogP contribution is -2.50. The van der Waals surface area contributed by atoms with E-state index in [2.05, 4.69) is 49.7 Å². The number of carbonyl (C=O) groups is 1. The van der Waals surface area contributed by atoms with Crippen LogP contribution in [0.1, 0.15) is 47.5 Å². The summed E-state index contributed by atoms with van der Waals surface area (Å²) in [6.07, 6.45) is 2.43. The molecule has 1 fully saturated rings. The first-order valence-electron chi connectivity index (χ1n) is 8.66. The summed E-state index contributed by atoms with van der Waals surface area (Å²) in [4.78, 5) is 17.1. The fraction of sp³-hybridized carbons (Fsp3) is 0.941. The second kappa shape index (κ2) is 9.42. The maximum atomic E-state index is 12.7. The van der Waals surface area contributed by atoms with E-state index < -0.39 is 0 Å². The third kappa shape index (κ3) is 6.79. The molecule has 0 saturated carbocycles. The van der Waals surface area contributed by atoms with Crippen LogP contribution in [0.4, 0.5) is 0 Å². The van der Waals surface area contributed by atoms with Crippen LogP contribution < -0.4 is 5.32 Å². The average Bonchev–Trinajstić information content (AvgIpc) is 2.43. The summed E-state index contributed by atoms with van der Waals surface area (Å²) in [5.74, 6) is 1.35. The molecule has 0 aromatic rings. The van der Waals surface area contributed by atoms with Gasteiger partial charge in [0.25, 0.3) is 0 Å². The maximum Gasteiger partial charge on any atom is 0.236 e. The number of hydrogen-bond donors (Lipinski definition) is 1. The Labute approximate surface area is 131 Å². The van der Waals surface area contributed by atoms with E-state index >= 15 is 0 Å². The summed E-state index contributed by atoms with van der Waals surface area (Å²) in [5.41, 5.74) is 0. The molecule has 21 heavy (non-hydrogen) atoms. The van der Waals surface area contributed by atoms with E-state index in [0.717, 1.165) is 32.7 Å². The molecule has 1 saturated heterocycles. The van der Waals surface area contributed by atoms with Gasteiger partial charge in [-0.1, -0.05) is 34.6 Å². The van der Waals surface area contributed by atoms with Crippen molar-refractivity contribution in [1.29, 1.82) is 0 Å². The van der Waals surface area contributed by atoms with Crippen molar-refractivity contribution in [3.8, 4) is 0 Å². The average molecular weight is 297 g/mol. The molecule has 1 amide bonds. The zero-order valence-corrected chi connectivity index (χ0v) is 14.7. The van der Waals surface area contributed by atoms with Gasteiger partial charge in [-0.2, -0.15) is 0 Å². The highest BCUT2D eigenvalue weighted by Gasteiger charge is 2.24. The van der Waals surface area contributed by atoms with Gasteiger partial charge in [0.15, 0.2) is 0 Å². The lowest BCUT2D eigenvalue weighted by Gasteiger charge is -2.35. The Morgan fingerprint density at radius 3 is 2.24 bits per heavy atom. The van der Waals surface area contributed by atoms with E-state index in [-0.39, 0.29) is 0 Å². The molecule has 4 nitrogen and oxygen atoms in total. The van der Waals surface area contributed by atoms with Gasteiger partial charge in [-0.3, -0.25) is 9.69 Å². The van der Waals surface area contributed by atoms with Crippen molar-refractivity contribution in [3.63, 3.8) is 0 Å². The number of rotatable bonds is 8. The van der Waals surface area contributed by atoms with Gasteiger partial charge in [0.2, 0.25) is 5.91 Å². The van der Waals surface area contributed by atoms with Crippen molar-refractivity contribution in [3.05, 3.63) is 0 Å². The van der Waals surface area contributed by atoms with Crippen LogP contribution >= 0.6 is 0 Å². The SMILES string of the molecule is CCN(CC(=O)N(CC(C)C)CC(C)C)C1CCCNC1. The Kier molecular flexibility index (Phi) is 8.27. The summed E-state index contributed by atoms with van der Waals surface area (Å²) in [7, 11) is 0. The molecule has 0 aliphatic carbocycles. The van der Waals surface area contributed by atoms with E-state index in [9.17, 15) is 4.79 Å². The van der Waals surface area contributed by atoms with Gasteiger partial charge in [0.05, 0.1) is 6.54 Å². The second-order valence-electron chi connectivity index (χ2n) is 7.15. The predicted octanol–water partition coefficient (Wildman–Crippen LogP) is 2.20. The van der Waals surface area contributed by atoms with Gasteiger partial charge in [0.1, 0.15) is 0 Å². The lowest BCUT2D eigenvalue weighted by atomic mass is 10.1. The largest absolute Gasteiger partial charge is 0.341 e. The molecule has 1 rings (SSSR count). The topological polar surface area (TPSA) is 35.6 Å². The number of likely N-dealkylation sites (N-methyl/N-ethyl adjacent to an activating group) is 1. The van der Waals surface area contributed by atoms with Crippen molar-refractivity contribution in [2.75, 3.05) is 39.3 Å². The molecule has 1 atom stereocenters. The first-order valence-corrected chi connectivity index (χ1v) is 8.66. The first-order chi connectivity index (χ1) is 9.93. The Morgan fingerprint density at radius 2 is 1.81 bits per heavy atom. The van der Waals surface area contributed by atoms with Gasteiger partial charge in [0, 0.05) is 25.7 Å². The number of carbonyl (C=O) groups excluding carboxylic acids is 1. The lowest BCUT2D eigenvalue weighted by molar-refractivity contribution is -0.134. The molecule has 1 heterocycles. The Morgan fingerprint density at radius 1 is 1.19 bits per heavy atom. The zero-order chi connectivity index (χ0) is 15.8. The van der Waals surface area contributed by atoms with Crippen LogP contribution in [0.5, 0.6) is 0 Å². The third-order valence-electron chi connectivity index (χ3n) is 4.06. The fourth-order valence-electron chi connectivity index (χ4n) is 3.08. The second-order valence-corrected chi connectivity index (χ2v) is 7.15. The van der Waals surface area contributed by atoms with Gasteiger partial charge in [-0.15, -0.1) is 0 Å². The van der Waals surface area contributed by atoms with Crippen LogP contribution in [0.15, 0.2) is 0 Å². The van der Waals surface area contributed by atoms with Gasteiger partial charge < -0.3 is 10.2 Å². The van der Waals surface area contributed by atoms with Crippen molar-refractivity contribution in [1.82, 2.24) is 15.1 Å². The molecular weight excluding hydrogens is 262 g/mol. The summed E-state index contributed by atoms with van der Waals surface area (Å²) >= 11 is 0. The molecular formula is C17H35N3O. The number of hydrogen-bond acceptors (Lipinski definition) is 3. The summed E-state index contributed by atoms with van der Waals surface area (Å²) in [5, 5.41) is 3.45. The number of amides is 1. The molecule has 1 unspecified atom stereocenters. The minimum atomic E-state index is 0.296. The Hall–Kier alpha value is -0.610. The zero-order valence-electron chi connectivity index (χ0n) is 14.7. The number of nitrogens with one attached hydrogen (secondary N) is 1. The van der Waals surface area contributed by atoms with Gasteiger partial charge >= 0.3 is 0 Å². The Bertz CT molecular complexity index is 288. The predicted molar refractivity (Wildman–Crippen MR) is 89.4 cm³/mol. The molecule has 4 heteroatoms. The highest BCUT2D eigenvalue weighted by molar-refractivity contribution is 5.78. The van der Waals surface area contributed by atoms with Crippen LogP contribution in [0, 0.1) is 11.8 Å². The Balaban J connectivity index is 2.59. The first kappa shape index (κ1) is 18.4. The van der Waals surface area contributed by atoms with E-state index in [0.29, 0.717) is 30.3 Å². The number of piperidine rings is 1. The standard InChI is InChI=1S/C17H35N3O/c1-6-19(16-8-7-9-18-10-16)13-17(21)20(11-14(2)3)12-15(4)5/h14-16,18H,6-13H2,1-5H3. The van der Waals surface area contributed by atoms with Crippen LogP contribution in [0.2, 0.25) is 0 Å². The van der Waals surface area contributed by atoms with Crippen LogP contribution in [-0.4, -0.2) is 61.0 Å². The third-order valence-corrected chi connectivity index (χ3v) is 4.06. The molecule has 0 bridgehead atoms. The van der Waals surface area contributed by atoms with Gasteiger partial charge in [-0.05, 0) is 37.8 Å². The normalized spacial score (nSPS) is 19.5. The fourth-order valence-corrected chi connectivity index (χ4v) is 3.08. The smallest absolute Gasteiger partial charge is 0.236 e. The summed E-state index contributed by atoms with van der Waals surface area (Å²) in [6.45, 7) is 16.3. The molecule has 0 aromatic carbocycles. The van der Waals surface area contributed by atoms with Crippen molar-refractivity contribution in [2.45, 2.75) is 53.5 Å². The highest BCUT2D eigenvalue weighted by Crippen LogP contribution is 2.12. The van der Waals surface area contributed by atoms with E-state index in [1.165, 1.54) is 12.8 Å². The van der Waals surface area contributed by atoms with Crippen LogP contribution in [-0.2, 0) is 4.79 Å². The quantitative estimate of drug-likeness (QED) is 0.746. The van der Waals surface area contributed by atoms with Crippen molar-refractivity contribution in [2.24, 2.45) is 11.8 Å². The summed E-state index contributed by atoms with van der Waals surface area (Å²) < 4.78 is 0. The van der Waals surface area contributed by atoms with E-state index in [4.69, 9.17) is 0 Å². The molecule has 0 spiro atoms. The summed E-state index contributed by atoms with van der Waals surface area (Å²) in [6, 6.07) is 0.521. The van der Waals surface area contributed by atoms with Gasteiger partial charge in [-0.25, -0.2) is 0 Å². The molecule has 0 aromatic heterocycles. The maximum absolute atomic E-state index is 12.7. The van der Waals surface area contributed by atoms with Crippen LogP contribution in [0.3, 0.4) is 0 Å². The van der Waals surface area contributed by atoms with Crippen molar-refractivity contribution < 1.29 is 4.79 Å². The molecule has 0 radical (unpaired) electrons. The van der Waals surface area contributed by atoms with Crippen LogP contribution in [0.25, 0.3) is 0 Å². The van der Waals surface area contributed by atoms with E-state index in [1.54, 1.807) is 0 Å². The van der Waals surface area contributed by atoms with Crippen molar-refractivity contribution >= 4 is 5.91 Å². The molecule has 1 aliphatic heterocycles. The minimum absolute atomic E-state index is 0.296. The molecule has 1 aliphatic rings. The monoisotopic (exact) mass is 297 g/mol. The molecule has 124 valence electrons. The molecule has 1 N–H and O–H groups in total. The van der Waals surface area contributed by atoms with E-state index in [1.807, 2.05) is 0 Å². The number of nitrogens with zero attached hydrogens (tertiary/aromatic N) is 2.